The van der Waals surface area contributed by atoms with Crippen molar-refractivity contribution in [2.75, 3.05) is 18.1 Å². The van der Waals surface area contributed by atoms with Crippen LogP contribution in [0.3, 0.4) is 0 Å². The Labute approximate surface area is 125 Å². The van der Waals surface area contributed by atoms with Crippen LogP contribution in [-0.4, -0.2) is 29.5 Å². The van der Waals surface area contributed by atoms with E-state index in [1.54, 1.807) is 24.3 Å². The smallest absolute Gasteiger partial charge is 0.422 e. The van der Waals surface area contributed by atoms with E-state index in [0.29, 0.717) is 6.54 Å². The highest BCUT2D eigenvalue weighted by Crippen LogP contribution is 2.27. The fourth-order valence-corrected chi connectivity index (χ4v) is 2.57. The number of nitrogens with zero attached hydrogens (tertiary/aromatic N) is 2. The molecule has 1 aliphatic rings. The monoisotopic (exact) mass is 311 g/mol. The van der Waals surface area contributed by atoms with E-state index >= 15 is 0 Å². The molecule has 0 unspecified atom stereocenters. The van der Waals surface area contributed by atoms with Crippen molar-refractivity contribution in [2.24, 2.45) is 0 Å². The number of H-pyrrole nitrogens is 1. The second kappa shape index (κ2) is 5.90. The minimum absolute atomic E-state index is 0.226. The number of hydrogen-bond donors (Lipinski definition) is 1. The highest BCUT2D eigenvalue weighted by Gasteiger charge is 2.28. The third kappa shape index (κ3) is 3.52. The van der Waals surface area contributed by atoms with Crippen LogP contribution in [0.1, 0.15) is 17.7 Å². The number of hydrogen-bond acceptors (Lipinski definition) is 3. The van der Waals surface area contributed by atoms with Crippen molar-refractivity contribution in [2.45, 2.75) is 25.6 Å². The topological polar surface area (TPSA) is 41.1 Å². The largest absolute Gasteiger partial charge is 0.484 e. The van der Waals surface area contributed by atoms with Gasteiger partial charge in [0.2, 0.25) is 0 Å². The van der Waals surface area contributed by atoms with Gasteiger partial charge in [-0.25, -0.2) is 0 Å². The zero-order valence-corrected chi connectivity index (χ0v) is 11.9. The summed E-state index contributed by atoms with van der Waals surface area (Å²) in [7, 11) is 0. The van der Waals surface area contributed by atoms with E-state index in [1.165, 1.54) is 0 Å². The Kier molecular flexibility index (Phi) is 3.96. The average molecular weight is 311 g/mol. The molecule has 1 aliphatic heterocycles. The van der Waals surface area contributed by atoms with E-state index in [1.807, 2.05) is 6.20 Å². The quantitative estimate of drug-likeness (QED) is 0.942. The van der Waals surface area contributed by atoms with E-state index in [0.717, 1.165) is 36.3 Å². The Bertz CT molecular complexity index is 622. The Hall–Kier alpha value is -2.18. The zero-order chi connectivity index (χ0) is 15.6. The first-order valence-electron chi connectivity index (χ1n) is 7.07. The first kappa shape index (κ1) is 14.7. The summed E-state index contributed by atoms with van der Waals surface area (Å²) < 4.78 is 41.0. The minimum Gasteiger partial charge on any atom is -0.484 e. The van der Waals surface area contributed by atoms with Crippen LogP contribution < -0.4 is 9.64 Å². The van der Waals surface area contributed by atoms with Crippen molar-refractivity contribution in [1.29, 1.82) is 0 Å². The van der Waals surface area contributed by atoms with Crippen molar-refractivity contribution >= 4 is 5.69 Å². The first-order valence-corrected chi connectivity index (χ1v) is 7.07. The van der Waals surface area contributed by atoms with Gasteiger partial charge in [-0.2, -0.15) is 18.3 Å². The van der Waals surface area contributed by atoms with Gasteiger partial charge in [0, 0.05) is 13.1 Å². The molecule has 1 aromatic carbocycles. The molecule has 0 saturated heterocycles. The summed E-state index contributed by atoms with van der Waals surface area (Å²) in [6.45, 7) is 0.377. The maximum absolute atomic E-state index is 12.1. The number of alkyl halides is 3. The van der Waals surface area contributed by atoms with Crippen LogP contribution in [0, 0.1) is 0 Å². The van der Waals surface area contributed by atoms with Gasteiger partial charge >= 0.3 is 6.18 Å². The van der Waals surface area contributed by atoms with Gasteiger partial charge in [-0.1, -0.05) is 12.1 Å². The zero-order valence-electron chi connectivity index (χ0n) is 11.9. The molecule has 0 bridgehead atoms. The van der Waals surface area contributed by atoms with Gasteiger partial charge < -0.3 is 9.64 Å². The average Bonchev–Trinajstić information content (AvgIpc) is 2.95. The van der Waals surface area contributed by atoms with Gasteiger partial charge in [0.15, 0.2) is 6.61 Å². The maximum Gasteiger partial charge on any atom is 0.422 e. The summed E-state index contributed by atoms with van der Waals surface area (Å²) in [6, 6.07) is 6.72. The molecule has 0 atom stereocenters. The van der Waals surface area contributed by atoms with Crippen LogP contribution in [0.25, 0.3) is 0 Å². The predicted octanol–water partition coefficient (Wildman–Crippen LogP) is 3.30. The summed E-state index contributed by atoms with van der Waals surface area (Å²) in [5.74, 6) is 0.226. The standard InChI is InChI=1S/C15H16F3N3O/c16-15(17,18)10-22-12-5-3-11(4-6-12)9-21-7-1-2-13-14(21)8-19-20-13/h3-6,8H,1-2,7,9-10H2,(H,19,20). The first-order chi connectivity index (χ1) is 10.5. The number of halogens is 3. The van der Waals surface area contributed by atoms with Crippen LogP contribution >= 0.6 is 0 Å². The Morgan fingerprint density at radius 3 is 2.73 bits per heavy atom. The Morgan fingerprint density at radius 2 is 2.00 bits per heavy atom. The molecule has 2 heterocycles. The molecule has 7 heteroatoms. The molecule has 1 N–H and O–H groups in total. The van der Waals surface area contributed by atoms with Crippen LogP contribution in [0.5, 0.6) is 5.75 Å². The Balaban J connectivity index is 1.63. The van der Waals surface area contributed by atoms with E-state index in [4.69, 9.17) is 4.74 Å². The second-order valence-corrected chi connectivity index (χ2v) is 5.31. The van der Waals surface area contributed by atoms with Gasteiger partial charge in [0.05, 0.1) is 17.6 Å². The van der Waals surface area contributed by atoms with Crippen LogP contribution in [-0.2, 0) is 13.0 Å². The number of fused-ring (bicyclic) bond motifs is 1. The lowest BCUT2D eigenvalue weighted by molar-refractivity contribution is -0.153. The lowest BCUT2D eigenvalue weighted by Gasteiger charge is -2.28. The summed E-state index contributed by atoms with van der Waals surface area (Å²) in [4.78, 5) is 2.22. The lowest BCUT2D eigenvalue weighted by Crippen LogP contribution is -2.28. The van der Waals surface area contributed by atoms with Crippen molar-refractivity contribution < 1.29 is 17.9 Å². The lowest BCUT2D eigenvalue weighted by atomic mass is 10.1. The molecule has 0 radical (unpaired) electrons. The van der Waals surface area contributed by atoms with Gasteiger partial charge in [-0.05, 0) is 30.5 Å². The molecular formula is C15H16F3N3O. The van der Waals surface area contributed by atoms with Crippen LogP contribution in [0.15, 0.2) is 30.5 Å². The van der Waals surface area contributed by atoms with E-state index in [-0.39, 0.29) is 5.75 Å². The summed E-state index contributed by atoms with van der Waals surface area (Å²) in [6.07, 6.45) is -0.447. The van der Waals surface area contributed by atoms with E-state index in [2.05, 4.69) is 15.1 Å². The fraction of sp³-hybridized carbons (Fsp3) is 0.400. The number of aryl methyl sites for hydroxylation is 1. The highest BCUT2D eigenvalue weighted by atomic mass is 19.4. The third-order valence-corrected chi connectivity index (χ3v) is 3.59. The summed E-state index contributed by atoms with van der Waals surface area (Å²) in [5, 5.41) is 7.06. The number of ether oxygens (including phenoxy) is 1. The number of aromatic nitrogens is 2. The number of rotatable bonds is 4. The van der Waals surface area contributed by atoms with Crippen LogP contribution in [0.2, 0.25) is 0 Å². The third-order valence-electron chi connectivity index (χ3n) is 3.59. The maximum atomic E-state index is 12.1. The molecule has 3 rings (SSSR count). The van der Waals surface area contributed by atoms with Crippen molar-refractivity contribution in [3.05, 3.63) is 41.7 Å². The van der Waals surface area contributed by atoms with E-state index in [9.17, 15) is 13.2 Å². The molecule has 0 saturated carbocycles. The van der Waals surface area contributed by atoms with Gasteiger partial charge in [-0.15, -0.1) is 0 Å². The summed E-state index contributed by atoms with van der Waals surface area (Å²) >= 11 is 0. The Morgan fingerprint density at radius 1 is 1.23 bits per heavy atom. The molecule has 0 aliphatic carbocycles. The normalized spacial score (nSPS) is 14.8. The SMILES string of the molecule is FC(F)(F)COc1ccc(CN2CCCc3[nH]ncc32)cc1. The minimum atomic E-state index is -4.32. The number of nitrogens with one attached hydrogen (secondary N) is 1. The van der Waals surface area contributed by atoms with Crippen molar-refractivity contribution in [3.63, 3.8) is 0 Å². The molecule has 118 valence electrons. The number of anilines is 1. The molecule has 0 amide bonds. The van der Waals surface area contributed by atoms with E-state index < -0.39 is 12.8 Å². The summed E-state index contributed by atoms with van der Waals surface area (Å²) in [5.41, 5.74) is 3.26. The predicted molar refractivity (Wildman–Crippen MR) is 76.0 cm³/mol. The molecule has 4 nitrogen and oxygen atoms in total. The van der Waals surface area contributed by atoms with Gasteiger partial charge in [-0.3, -0.25) is 5.10 Å². The highest BCUT2D eigenvalue weighted by molar-refractivity contribution is 5.51. The molecule has 2 aromatic rings. The van der Waals surface area contributed by atoms with Gasteiger partial charge in [0.25, 0.3) is 0 Å². The molecule has 0 fully saturated rings. The van der Waals surface area contributed by atoms with Crippen LogP contribution in [0.4, 0.5) is 18.9 Å². The molecular weight excluding hydrogens is 295 g/mol. The fourth-order valence-electron chi connectivity index (χ4n) is 2.57. The molecule has 22 heavy (non-hydrogen) atoms. The molecule has 0 spiro atoms. The van der Waals surface area contributed by atoms with Gasteiger partial charge in [0.1, 0.15) is 5.75 Å². The van der Waals surface area contributed by atoms with Crippen molar-refractivity contribution in [1.82, 2.24) is 10.2 Å². The van der Waals surface area contributed by atoms with Crippen molar-refractivity contribution in [3.8, 4) is 5.75 Å². The number of benzene rings is 1. The second-order valence-electron chi connectivity index (χ2n) is 5.31. The number of aromatic amines is 1. The molecule has 1 aromatic heterocycles.